The maximum Gasteiger partial charge on any atom is 0.240 e. The molecule has 0 aliphatic carbocycles. The lowest BCUT2D eigenvalue weighted by Crippen LogP contribution is -2.43. The Bertz CT molecular complexity index is 1520. The number of fused-ring (bicyclic) bond motifs is 6. The SMILES string of the molecule is CC(=O)c1cccc(OCC[C@@]23CC[C@@](C)(O2)[C@H]2C(=O)N(c4ccc(C#N)c5ccccc45)C(=O)[C@H]23)c1. The largest absolute Gasteiger partial charge is 0.493 e. The monoisotopic (exact) mass is 494 g/mol. The van der Waals surface area contributed by atoms with Crippen LogP contribution in [0.4, 0.5) is 5.69 Å². The third kappa shape index (κ3) is 3.40. The van der Waals surface area contributed by atoms with E-state index in [0.29, 0.717) is 59.2 Å². The Labute approximate surface area is 214 Å². The molecule has 0 aromatic heterocycles. The lowest BCUT2D eigenvalue weighted by Gasteiger charge is -2.31. The second kappa shape index (κ2) is 8.25. The molecule has 0 saturated carbocycles. The number of carbonyl (C=O) groups is 3. The van der Waals surface area contributed by atoms with E-state index in [2.05, 4.69) is 6.07 Å². The molecule has 186 valence electrons. The number of hydrogen-bond donors (Lipinski definition) is 0. The van der Waals surface area contributed by atoms with Crippen LogP contribution in [0, 0.1) is 23.2 Å². The van der Waals surface area contributed by atoms with Gasteiger partial charge in [0.05, 0.1) is 47.0 Å². The number of carbonyl (C=O) groups excluding carboxylic acids is 3. The topological polar surface area (TPSA) is 96.7 Å². The summed E-state index contributed by atoms with van der Waals surface area (Å²) in [7, 11) is 0. The second-order valence-electron chi connectivity index (χ2n) is 10.4. The Kier molecular flexibility index (Phi) is 5.22. The van der Waals surface area contributed by atoms with Crippen LogP contribution in [0.1, 0.15) is 49.0 Å². The Morgan fingerprint density at radius 1 is 1.05 bits per heavy atom. The molecule has 3 fully saturated rings. The first kappa shape index (κ1) is 23.4. The second-order valence-corrected chi connectivity index (χ2v) is 10.4. The summed E-state index contributed by atoms with van der Waals surface area (Å²) in [4.78, 5) is 40.8. The van der Waals surface area contributed by atoms with E-state index in [1.165, 1.54) is 11.8 Å². The van der Waals surface area contributed by atoms with Crippen LogP contribution < -0.4 is 9.64 Å². The van der Waals surface area contributed by atoms with Crippen molar-refractivity contribution in [2.75, 3.05) is 11.5 Å². The van der Waals surface area contributed by atoms with Gasteiger partial charge in [-0.15, -0.1) is 0 Å². The normalized spacial score (nSPS) is 28.0. The number of anilines is 1. The Morgan fingerprint density at radius 2 is 1.81 bits per heavy atom. The van der Waals surface area contributed by atoms with Crippen LogP contribution in [0.3, 0.4) is 0 Å². The van der Waals surface area contributed by atoms with E-state index in [-0.39, 0.29) is 17.6 Å². The fraction of sp³-hybridized carbons (Fsp3) is 0.333. The maximum absolute atomic E-state index is 14.0. The van der Waals surface area contributed by atoms with Crippen LogP contribution in [-0.4, -0.2) is 35.4 Å². The summed E-state index contributed by atoms with van der Waals surface area (Å²) in [5, 5.41) is 10.9. The van der Waals surface area contributed by atoms with Crippen molar-refractivity contribution >= 4 is 34.1 Å². The summed E-state index contributed by atoms with van der Waals surface area (Å²) in [5.74, 6) is -1.12. The molecule has 3 aromatic carbocycles. The minimum absolute atomic E-state index is 0.0388. The quantitative estimate of drug-likeness (QED) is 0.360. The molecule has 3 aliphatic rings. The van der Waals surface area contributed by atoms with Crippen LogP contribution in [0.15, 0.2) is 60.7 Å². The highest BCUT2D eigenvalue weighted by Crippen LogP contribution is 2.62. The number of nitriles is 1. The van der Waals surface area contributed by atoms with Crippen molar-refractivity contribution in [3.8, 4) is 11.8 Å². The molecule has 0 unspecified atom stereocenters. The molecule has 0 radical (unpaired) electrons. The first-order chi connectivity index (χ1) is 17.8. The number of nitrogens with zero attached hydrogens (tertiary/aromatic N) is 2. The molecule has 6 rings (SSSR count). The van der Waals surface area contributed by atoms with Crippen LogP contribution in [0.25, 0.3) is 10.8 Å². The van der Waals surface area contributed by atoms with Crippen molar-refractivity contribution in [2.24, 2.45) is 11.8 Å². The van der Waals surface area contributed by atoms with E-state index >= 15 is 0 Å². The molecular weight excluding hydrogens is 468 g/mol. The van der Waals surface area contributed by atoms with Crippen molar-refractivity contribution in [1.82, 2.24) is 0 Å². The third-order valence-electron chi connectivity index (χ3n) is 8.31. The van der Waals surface area contributed by atoms with Gasteiger partial charge in [-0.3, -0.25) is 14.4 Å². The molecule has 3 heterocycles. The van der Waals surface area contributed by atoms with E-state index in [9.17, 15) is 19.6 Å². The van der Waals surface area contributed by atoms with Gasteiger partial charge in [-0.25, -0.2) is 4.90 Å². The Morgan fingerprint density at radius 3 is 2.57 bits per heavy atom. The van der Waals surface area contributed by atoms with Gasteiger partial charge < -0.3 is 9.47 Å². The molecule has 7 nitrogen and oxygen atoms in total. The number of benzene rings is 3. The van der Waals surface area contributed by atoms with Gasteiger partial charge in [0.1, 0.15) is 5.75 Å². The number of rotatable bonds is 6. The van der Waals surface area contributed by atoms with Crippen LogP contribution >= 0.6 is 0 Å². The molecule has 0 spiro atoms. The predicted molar refractivity (Wildman–Crippen MR) is 136 cm³/mol. The van der Waals surface area contributed by atoms with Crippen molar-refractivity contribution in [1.29, 1.82) is 5.26 Å². The summed E-state index contributed by atoms with van der Waals surface area (Å²) < 4.78 is 12.5. The van der Waals surface area contributed by atoms with Crippen LogP contribution in [0.5, 0.6) is 5.75 Å². The highest BCUT2D eigenvalue weighted by Gasteiger charge is 2.73. The van der Waals surface area contributed by atoms with E-state index in [0.717, 1.165) is 0 Å². The minimum atomic E-state index is -0.790. The molecule has 2 bridgehead atoms. The zero-order chi connectivity index (χ0) is 25.9. The van der Waals surface area contributed by atoms with Gasteiger partial charge in [0, 0.05) is 22.8 Å². The zero-order valence-electron chi connectivity index (χ0n) is 20.7. The predicted octanol–water partition coefficient (Wildman–Crippen LogP) is 4.81. The zero-order valence-corrected chi connectivity index (χ0v) is 20.7. The molecule has 4 atom stereocenters. The van der Waals surface area contributed by atoms with Gasteiger partial charge in [0.25, 0.3) is 0 Å². The van der Waals surface area contributed by atoms with Crippen LogP contribution in [0.2, 0.25) is 0 Å². The van der Waals surface area contributed by atoms with Gasteiger partial charge in [-0.05, 0) is 51.0 Å². The number of ether oxygens (including phenoxy) is 2. The molecule has 37 heavy (non-hydrogen) atoms. The van der Waals surface area contributed by atoms with Crippen LogP contribution in [-0.2, 0) is 14.3 Å². The van der Waals surface area contributed by atoms with E-state index < -0.39 is 23.0 Å². The van der Waals surface area contributed by atoms with Crippen molar-refractivity contribution in [3.63, 3.8) is 0 Å². The fourth-order valence-corrected chi connectivity index (χ4v) is 6.57. The smallest absolute Gasteiger partial charge is 0.240 e. The van der Waals surface area contributed by atoms with E-state index in [1.807, 2.05) is 31.2 Å². The summed E-state index contributed by atoms with van der Waals surface area (Å²) in [5.41, 5.74) is 0.0685. The third-order valence-corrected chi connectivity index (χ3v) is 8.31. The molecule has 7 heteroatoms. The molecule has 0 N–H and O–H groups in total. The summed E-state index contributed by atoms with van der Waals surface area (Å²) in [6.07, 6.45) is 1.81. The van der Waals surface area contributed by atoms with Gasteiger partial charge in [-0.2, -0.15) is 5.26 Å². The molecule has 3 saturated heterocycles. The summed E-state index contributed by atoms with van der Waals surface area (Å²) in [6, 6.07) is 19.9. The maximum atomic E-state index is 14.0. The van der Waals surface area contributed by atoms with E-state index in [1.54, 1.807) is 36.4 Å². The number of ketones is 1. The van der Waals surface area contributed by atoms with E-state index in [4.69, 9.17) is 9.47 Å². The number of imide groups is 1. The van der Waals surface area contributed by atoms with Crippen molar-refractivity contribution in [2.45, 2.75) is 44.3 Å². The Balaban J connectivity index is 1.31. The lowest BCUT2D eigenvalue weighted by molar-refractivity contribution is -0.131. The van der Waals surface area contributed by atoms with Crippen molar-refractivity contribution in [3.05, 3.63) is 71.8 Å². The highest BCUT2D eigenvalue weighted by atomic mass is 16.5. The molecule has 3 aliphatic heterocycles. The standard InChI is InChI=1S/C30H26N2O5/c1-18(33)19-6-5-7-21(16-19)36-15-14-30-13-12-29(2,37-30)25-26(30)28(35)32(27(25)34)24-11-10-20(17-31)22-8-3-4-9-23(22)24/h3-11,16,25-26H,12-15H2,1-2H3/t25-,26+,29-,30-/m1/s1. The first-order valence-corrected chi connectivity index (χ1v) is 12.5. The average Bonchev–Trinajstić information content (AvgIpc) is 3.48. The number of hydrogen-bond acceptors (Lipinski definition) is 6. The lowest BCUT2D eigenvalue weighted by atomic mass is 9.67. The fourth-order valence-electron chi connectivity index (χ4n) is 6.57. The molecular formula is C30H26N2O5. The summed E-state index contributed by atoms with van der Waals surface area (Å²) >= 11 is 0. The van der Waals surface area contributed by atoms with Gasteiger partial charge in [0.15, 0.2) is 5.78 Å². The van der Waals surface area contributed by atoms with Crippen molar-refractivity contribution < 1.29 is 23.9 Å². The molecule has 3 aromatic rings. The van der Waals surface area contributed by atoms with Gasteiger partial charge >= 0.3 is 0 Å². The van der Waals surface area contributed by atoms with Gasteiger partial charge in [-0.1, -0.05) is 36.4 Å². The Hall–Kier alpha value is -4.02. The molecule has 2 amide bonds. The van der Waals surface area contributed by atoms with Gasteiger partial charge in [0.2, 0.25) is 11.8 Å². The first-order valence-electron chi connectivity index (χ1n) is 12.5. The minimum Gasteiger partial charge on any atom is -0.493 e. The highest BCUT2D eigenvalue weighted by molar-refractivity contribution is 6.26. The number of Topliss-reactive ketones (excluding diaryl/α,β-unsaturated/α-hetero) is 1. The number of amides is 2. The average molecular weight is 495 g/mol. The summed E-state index contributed by atoms with van der Waals surface area (Å²) in [6.45, 7) is 3.74.